The van der Waals surface area contributed by atoms with Gasteiger partial charge in [0.15, 0.2) is 0 Å². The number of halogens is 2. The standard InChI is InChI=1S/C15H21F2NO3/c1-19-13-7-12(10-4-3-5-18-8-10)14(20-2)6-11(13)9-21-15(16)17/h6-7,10,15,18H,3-5,8-9H2,1-2H3/t10-/m1/s1. The van der Waals surface area contributed by atoms with Gasteiger partial charge in [0, 0.05) is 23.6 Å². The van der Waals surface area contributed by atoms with Crippen molar-refractivity contribution in [3.8, 4) is 11.5 Å². The van der Waals surface area contributed by atoms with Crippen LogP contribution < -0.4 is 14.8 Å². The monoisotopic (exact) mass is 301 g/mol. The van der Waals surface area contributed by atoms with Crippen molar-refractivity contribution in [1.29, 1.82) is 0 Å². The summed E-state index contributed by atoms with van der Waals surface area (Å²) in [5.74, 6) is 1.59. The smallest absolute Gasteiger partial charge is 0.345 e. The minimum atomic E-state index is -2.80. The number of piperidine rings is 1. The Labute approximate surface area is 123 Å². The molecule has 1 aromatic rings. The lowest BCUT2D eigenvalue weighted by Gasteiger charge is -2.26. The molecule has 4 nitrogen and oxygen atoms in total. The van der Waals surface area contributed by atoms with E-state index in [1.165, 1.54) is 7.11 Å². The highest BCUT2D eigenvalue weighted by atomic mass is 19.3. The molecule has 6 heteroatoms. The maximum Gasteiger partial charge on any atom is 0.345 e. The quantitative estimate of drug-likeness (QED) is 0.877. The second-order valence-corrected chi connectivity index (χ2v) is 5.02. The SMILES string of the molecule is COc1cc([C@@H]2CCCNC2)c(OC)cc1COC(F)F. The Morgan fingerprint density at radius 1 is 1.24 bits per heavy atom. The van der Waals surface area contributed by atoms with Crippen molar-refractivity contribution < 1.29 is 23.0 Å². The van der Waals surface area contributed by atoms with Crippen LogP contribution in [0.2, 0.25) is 0 Å². The number of rotatable bonds is 6. The summed E-state index contributed by atoms with van der Waals surface area (Å²) in [6.07, 6.45) is 2.17. The Morgan fingerprint density at radius 3 is 2.57 bits per heavy atom. The summed E-state index contributed by atoms with van der Waals surface area (Å²) < 4.78 is 39.5. The average molecular weight is 301 g/mol. The number of hydrogen-bond donors (Lipinski definition) is 1. The van der Waals surface area contributed by atoms with Gasteiger partial charge in [-0.15, -0.1) is 0 Å². The van der Waals surface area contributed by atoms with Crippen LogP contribution in [0.15, 0.2) is 12.1 Å². The molecule has 0 amide bonds. The van der Waals surface area contributed by atoms with E-state index in [1.54, 1.807) is 13.2 Å². The van der Waals surface area contributed by atoms with Crippen LogP contribution in [0, 0.1) is 0 Å². The summed E-state index contributed by atoms with van der Waals surface area (Å²) in [7, 11) is 3.11. The second kappa shape index (κ2) is 7.56. The molecule has 21 heavy (non-hydrogen) atoms. The van der Waals surface area contributed by atoms with Crippen molar-refractivity contribution >= 4 is 0 Å². The van der Waals surface area contributed by atoms with E-state index in [1.807, 2.05) is 6.07 Å². The predicted octanol–water partition coefficient (Wildman–Crippen LogP) is 2.91. The summed E-state index contributed by atoms with van der Waals surface area (Å²) in [6.45, 7) is -1.11. The van der Waals surface area contributed by atoms with E-state index in [-0.39, 0.29) is 6.61 Å². The van der Waals surface area contributed by atoms with Gasteiger partial charge in [-0.25, -0.2) is 0 Å². The average Bonchev–Trinajstić information content (AvgIpc) is 2.52. The zero-order chi connectivity index (χ0) is 15.2. The van der Waals surface area contributed by atoms with Crippen molar-refractivity contribution in [2.24, 2.45) is 0 Å². The number of benzene rings is 1. The Hall–Kier alpha value is -1.40. The fraction of sp³-hybridized carbons (Fsp3) is 0.600. The third kappa shape index (κ3) is 4.04. The molecule has 118 valence electrons. The van der Waals surface area contributed by atoms with E-state index < -0.39 is 6.61 Å². The van der Waals surface area contributed by atoms with E-state index in [0.29, 0.717) is 23.0 Å². The topological polar surface area (TPSA) is 39.7 Å². The minimum absolute atomic E-state index is 0.208. The lowest BCUT2D eigenvalue weighted by molar-refractivity contribution is -0.137. The molecule has 2 rings (SSSR count). The van der Waals surface area contributed by atoms with Crippen molar-refractivity contribution in [3.63, 3.8) is 0 Å². The molecule has 0 spiro atoms. The summed E-state index contributed by atoms with van der Waals surface area (Å²) in [6, 6.07) is 3.60. The van der Waals surface area contributed by atoms with Gasteiger partial charge in [-0.3, -0.25) is 0 Å². The molecule has 0 aromatic heterocycles. The second-order valence-electron chi connectivity index (χ2n) is 5.02. The summed E-state index contributed by atoms with van der Waals surface area (Å²) in [5.41, 5.74) is 1.60. The first-order valence-corrected chi connectivity index (χ1v) is 7.01. The number of hydrogen-bond acceptors (Lipinski definition) is 4. The van der Waals surface area contributed by atoms with Crippen molar-refractivity contribution in [1.82, 2.24) is 5.32 Å². The fourth-order valence-corrected chi connectivity index (χ4v) is 2.69. The molecule has 0 bridgehead atoms. The Kier molecular flexibility index (Phi) is 5.76. The third-order valence-corrected chi connectivity index (χ3v) is 3.73. The van der Waals surface area contributed by atoms with Crippen LogP contribution in [-0.4, -0.2) is 33.9 Å². The van der Waals surface area contributed by atoms with Crippen LogP contribution in [0.25, 0.3) is 0 Å². The van der Waals surface area contributed by atoms with Gasteiger partial charge in [0.1, 0.15) is 11.5 Å². The number of ether oxygens (including phenoxy) is 3. The lowest BCUT2D eigenvalue weighted by atomic mass is 9.90. The molecule has 1 heterocycles. The van der Waals surface area contributed by atoms with Gasteiger partial charge in [-0.2, -0.15) is 8.78 Å². The number of alkyl halides is 2. The molecule has 1 aromatic carbocycles. The Bertz CT molecular complexity index is 462. The molecule has 0 unspecified atom stereocenters. The van der Waals surface area contributed by atoms with E-state index in [2.05, 4.69) is 10.1 Å². The molecule has 1 atom stereocenters. The zero-order valence-corrected chi connectivity index (χ0v) is 12.3. The zero-order valence-electron chi connectivity index (χ0n) is 12.3. The molecule has 1 fully saturated rings. The van der Waals surface area contributed by atoms with Gasteiger partial charge >= 0.3 is 6.61 Å². The van der Waals surface area contributed by atoms with Crippen LogP contribution in [0.1, 0.15) is 29.9 Å². The first-order chi connectivity index (χ1) is 10.2. The van der Waals surface area contributed by atoms with Crippen LogP contribution in [-0.2, 0) is 11.3 Å². The van der Waals surface area contributed by atoms with Crippen LogP contribution in [0.4, 0.5) is 8.78 Å². The molecule has 0 aliphatic carbocycles. The van der Waals surface area contributed by atoms with Crippen LogP contribution >= 0.6 is 0 Å². The summed E-state index contributed by atoms with van der Waals surface area (Å²) in [4.78, 5) is 0. The predicted molar refractivity (Wildman–Crippen MR) is 75.2 cm³/mol. The molecular weight excluding hydrogens is 280 g/mol. The van der Waals surface area contributed by atoms with Crippen LogP contribution in [0.3, 0.4) is 0 Å². The van der Waals surface area contributed by atoms with Crippen molar-refractivity contribution in [2.75, 3.05) is 27.3 Å². The minimum Gasteiger partial charge on any atom is -0.496 e. The van der Waals surface area contributed by atoms with Gasteiger partial charge < -0.3 is 19.5 Å². The van der Waals surface area contributed by atoms with E-state index in [0.717, 1.165) is 31.5 Å². The number of methoxy groups -OCH3 is 2. The fourth-order valence-electron chi connectivity index (χ4n) is 2.69. The van der Waals surface area contributed by atoms with Crippen LogP contribution in [0.5, 0.6) is 11.5 Å². The maximum atomic E-state index is 12.2. The highest BCUT2D eigenvalue weighted by Gasteiger charge is 2.21. The Morgan fingerprint density at radius 2 is 2.00 bits per heavy atom. The molecule has 1 saturated heterocycles. The first kappa shape index (κ1) is 16.0. The highest BCUT2D eigenvalue weighted by molar-refractivity contribution is 5.48. The van der Waals surface area contributed by atoms with Gasteiger partial charge in [0.05, 0.1) is 20.8 Å². The highest BCUT2D eigenvalue weighted by Crippen LogP contribution is 2.36. The molecule has 1 aliphatic heterocycles. The maximum absolute atomic E-state index is 12.2. The lowest BCUT2D eigenvalue weighted by Crippen LogP contribution is -2.28. The first-order valence-electron chi connectivity index (χ1n) is 7.01. The van der Waals surface area contributed by atoms with Gasteiger partial charge in [-0.1, -0.05) is 0 Å². The van der Waals surface area contributed by atoms with E-state index >= 15 is 0 Å². The van der Waals surface area contributed by atoms with E-state index in [4.69, 9.17) is 9.47 Å². The normalized spacial score (nSPS) is 18.8. The third-order valence-electron chi connectivity index (χ3n) is 3.73. The van der Waals surface area contributed by atoms with Crippen molar-refractivity contribution in [2.45, 2.75) is 32.0 Å². The van der Waals surface area contributed by atoms with Gasteiger partial charge in [0.25, 0.3) is 0 Å². The van der Waals surface area contributed by atoms with Gasteiger partial charge in [-0.05, 0) is 31.5 Å². The summed E-state index contributed by atoms with van der Waals surface area (Å²) in [5, 5.41) is 3.36. The largest absolute Gasteiger partial charge is 0.496 e. The molecule has 0 saturated carbocycles. The van der Waals surface area contributed by atoms with E-state index in [9.17, 15) is 8.78 Å². The molecule has 1 N–H and O–H groups in total. The Balaban J connectivity index is 2.28. The van der Waals surface area contributed by atoms with Crippen molar-refractivity contribution in [3.05, 3.63) is 23.3 Å². The summed E-state index contributed by atoms with van der Waals surface area (Å²) >= 11 is 0. The molecule has 1 aliphatic rings. The molecular formula is C15H21F2NO3. The molecule has 0 radical (unpaired) electrons. The van der Waals surface area contributed by atoms with Gasteiger partial charge in [0.2, 0.25) is 0 Å². The number of nitrogens with one attached hydrogen (secondary N) is 1.